The Bertz CT molecular complexity index is 767. The summed E-state index contributed by atoms with van der Waals surface area (Å²) in [4.78, 5) is 0. The molecule has 0 aromatic carbocycles. The molecule has 7 rings (SSSR count). The van der Waals surface area contributed by atoms with E-state index < -0.39 is 0 Å². The standard InChI is InChI=1S/C21H18N2/c22-5-3-8-12-7-13-9(4-6-23)15-11-2-1-10-14(8)19-17(12)18(13)20(15)21(19)16(10)11/h1-4,10-21H,7H2/b8-3+,9-4+/t10-,11+,12-,13-,14-,15-,16?,17-,18-,19+,20-,21?/m0/s1. The molecule has 0 N–H and O–H groups in total. The van der Waals surface area contributed by atoms with Crippen molar-refractivity contribution >= 4 is 0 Å². The minimum atomic E-state index is 0.654. The molecule has 0 saturated heterocycles. The van der Waals surface area contributed by atoms with E-state index in [1.807, 2.05) is 12.2 Å². The normalized spacial score (nSPS) is 66.9. The number of nitriles is 2. The highest BCUT2D eigenvalue weighted by Gasteiger charge is 2.80. The van der Waals surface area contributed by atoms with Crippen LogP contribution >= 0.6 is 0 Å². The molecule has 0 aliphatic heterocycles. The fourth-order valence-electron chi connectivity index (χ4n) is 9.58. The number of fused-ring (bicyclic) bond motifs is 2. The lowest BCUT2D eigenvalue weighted by atomic mass is 9.76. The summed E-state index contributed by atoms with van der Waals surface area (Å²) in [5, 5.41) is 18.7. The monoisotopic (exact) mass is 298 g/mol. The molecular formula is C21H18N2. The molecule has 7 aliphatic carbocycles. The first-order valence-electron chi connectivity index (χ1n) is 9.24. The number of rotatable bonds is 0. The van der Waals surface area contributed by atoms with E-state index in [2.05, 4.69) is 24.3 Å². The van der Waals surface area contributed by atoms with E-state index in [0.717, 1.165) is 35.5 Å². The molecule has 0 aromatic heterocycles. The van der Waals surface area contributed by atoms with E-state index in [9.17, 15) is 10.5 Å². The molecule has 0 heterocycles. The van der Waals surface area contributed by atoms with Crippen LogP contribution in [0, 0.1) is 93.7 Å². The van der Waals surface area contributed by atoms with E-state index in [-0.39, 0.29) is 0 Å². The van der Waals surface area contributed by atoms with Crippen molar-refractivity contribution in [3.63, 3.8) is 0 Å². The van der Waals surface area contributed by atoms with Crippen LogP contribution in [-0.2, 0) is 0 Å². The van der Waals surface area contributed by atoms with Crippen LogP contribution in [0.2, 0.25) is 0 Å². The summed E-state index contributed by atoms with van der Waals surface area (Å²) in [5.41, 5.74) is 3.01. The van der Waals surface area contributed by atoms with Crippen molar-refractivity contribution in [1.82, 2.24) is 0 Å². The van der Waals surface area contributed by atoms with Crippen molar-refractivity contribution in [2.75, 3.05) is 0 Å². The van der Waals surface area contributed by atoms with Crippen molar-refractivity contribution in [2.45, 2.75) is 6.42 Å². The Morgan fingerprint density at radius 3 is 1.74 bits per heavy atom. The van der Waals surface area contributed by atoms with Gasteiger partial charge in [0.1, 0.15) is 0 Å². The Labute approximate surface area is 136 Å². The molecule has 2 heteroatoms. The van der Waals surface area contributed by atoms with Crippen LogP contribution in [0.4, 0.5) is 0 Å². The first-order chi connectivity index (χ1) is 11.4. The molecule has 23 heavy (non-hydrogen) atoms. The van der Waals surface area contributed by atoms with E-state index in [1.54, 1.807) is 0 Å². The Kier molecular flexibility index (Phi) is 1.70. The number of allylic oxidation sites excluding steroid dienone is 6. The van der Waals surface area contributed by atoms with Gasteiger partial charge in [-0.05, 0) is 77.4 Å². The van der Waals surface area contributed by atoms with Gasteiger partial charge in [-0.25, -0.2) is 0 Å². The lowest BCUT2D eigenvalue weighted by Gasteiger charge is -2.27. The summed E-state index contributed by atoms with van der Waals surface area (Å²) in [6.07, 6.45) is 10.1. The van der Waals surface area contributed by atoms with E-state index >= 15 is 0 Å². The highest BCUT2D eigenvalue weighted by Crippen LogP contribution is 2.85. The molecule has 112 valence electrons. The van der Waals surface area contributed by atoms with Crippen LogP contribution in [0.5, 0.6) is 0 Å². The quantitative estimate of drug-likeness (QED) is 0.509. The molecule has 7 aliphatic rings. The van der Waals surface area contributed by atoms with Crippen LogP contribution in [-0.4, -0.2) is 0 Å². The first-order valence-corrected chi connectivity index (χ1v) is 9.24. The van der Waals surface area contributed by atoms with Gasteiger partial charge >= 0.3 is 0 Å². The van der Waals surface area contributed by atoms with Gasteiger partial charge in [0.2, 0.25) is 0 Å². The highest BCUT2D eigenvalue weighted by atomic mass is 14.8. The third-order valence-electron chi connectivity index (χ3n) is 9.30. The predicted molar refractivity (Wildman–Crippen MR) is 83.0 cm³/mol. The zero-order valence-electron chi connectivity index (χ0n) is 12.8. The molecule has 2 nitrogen and oxygen atoms in total. The Morgan fingerprint density at radius 1 is 0.739 bits per heavy atom. The van der Waals surface area contributed by atoms with Gasteiger partial charge in [0.25, 0.3) is 0 Å². The van der Waals surface area contributed by atoms with Crippen molar-refractivity contribution < 1.29 is 0 Å². The summed E-state index contributed by atoms with van der Waals surface area (Å²) >= 11 is 0. The molecule has 6 fully saturated rings. The van der Waals surface area contributed by atoms with E-state index in [1.165, 1.54) is 17.6 Å². The predicted octanol–water partition coefficient (Wildman–Crippen LogP) is 3.32. The fraction of sp³-hybridized carbons (Fsp3) is 0.619. The maximum Gasteiger partial charge on any atom is 0.0911 e. The molecule has 0 bridgehead atoms. The number of nitrogens with zero attached hydrogens (tertiary/aromatic N) is 2. The Balaban J connectivity index is 1.54. The molecule has 2 unspecified atom stereocenters. The van der Waals surface area contributed by atoms with Gasteiger partial charge in [0.05, 0.1) is 12.1 Å². The molecule has 0 aromatic rings. The zero-order valence-corrected chi connectivity index (χ0v) is 12.8. The zero-order chi connectivity index (χ0) is 15.0. The van der Waals surface area contributed by atoms with Crippen LogP contribution in [0.1, 0.15) is 6.42 Å². The molecule has 0 radical (unpaired) electrons. The third kappa shape index (κ3) is 0.922. The lowest BCUT2D eigenvalue weighted by Crippen LogP contribution is -2.21. The van der Waals surface area contributed by atoms with E-state index in [0.29, 0.717) is 35.5 Å². The molecule has 0 spiro atoms. The maximum atomic E-state index is 9.36. The molecule has 12 atom stereocenters. The van der Waals surface area contributed by atoms with Gasteiger partial charge in [-0.3, -0.25) is 0 Å². The number of hydrogen-bond acceptors (Lipinski definition) is 2. The molecular weight excluding hydrogens is 280 g/mol. The fourth-order valence-corrected chi connectivity index (χ4v) is 9.58. The summed E-state index contributed by atoms with van der Waals surface area (Å²) in [7, 11) is 0. The summed E-state index contributed by atoms with van der Waals surface area (Å²) < 4.78 is 0. The van der Waals surface area contributed by atoms with Gasteiger partial charge in [-0.15, -0.1) is 0 Å². The van der Waals surface area contributed by atoms with Gasteiger partial charge < -0.3 is 0 Å². The second-order valence-electron chi connectivity index (χ2n) is 9.05. The number of hydrogen-bond donors (Lipinski definition) is 0. The van der Waals surface area contributed by atoms with Crippen LogP contribution in [0.15, 0.2) is 35.5 Å². The van der Waals surface area contributed by atoms with Gasteiger partial charge in [0.15, 0.2) is 0 Å². The van der Waals surface area contributed by atoms with Crippen molar-refractivity contribution in [3.05, 3.63) is 35.5 Å². The topological polar surface area (TPSA) is 47.6 Å². The van der Waals surface area contributed by atoms with Crippen LogP contribution < -0.4 is 0 Å². The molecule has 0 amide bonds. The lowest BCUT2D eigenvalue weighted by molar-refractivity contribution is 0.294. The van der Waals surface area contributed by atoms with E-state index in [4.69, 9.17) is 0 Å². The SMILES string of the molecule is N#C/C=C1/[C@@H]2[C@H]3C4C5[C@H]2C=C[C@@H]5[C@@H]2/C(=C/C#N)[C@@H]5C[C@@H]1[C@H]3[C@H]5[C@@H]42. The van der Waals surface area contributed by atoms with Gasteiger partial charge in [-0.2, -0.15) is 10.5 Å². The Morgan fingerprint density at radius 2 is 1.26 bits per heavy atom. The summed E-state index contributed by atoms with van der Waals surface area (Å²) in [6.45, 7) is 0. The minimum Gasteiger partial charge on any atom is -0.193 e. The smallest absolute Gasteiger partial charge is 0.0911 e. The van der Waals surface area contributed by atoms with Crippen molar-refractivity contribution in [1.29, 1.82) is 10.5 Å². The maximum absolute atomic E-state index is 9.36. The average Bonchev–Trinajstić information content (AvgIpc) is 3.28. The van der Waals surface area contributed by atoms with Gasteiger partial charge in [0, 0.05) is 12.2 Å². The largest absolute Gasteiger partial charge is 0.193 e. The average molecular weight is 298 g/mol. The van der Waals surface area contributed by atoms with Crippen molar-refractivity contribution in [3.8, 4) is 12.1 Å². The van der Waals surface area contributed by atoms with Gasteiger partial charge in [-0.1, -0.05) is 23.3 Å². The first kappa shape index (κ1) is 11.7. The third-order valence-corrected chi connectivity index (χ3v) is 9.30. The summed E-state index contributed by atoms with van der Waals surface area (Å²) in [6, 6.07) is 4.76. The van der Waals surface area contributed by atoms with Crippen LogP contribution in [0.3, 0.4) is 0 Å². The second-order valence-corrected chi connectivity index (χ2v) is 9.05. The molecule has 6 saturated carbocycles. The summed E-state index contributed by atoms with van der Waals surface area (Å²) in [5.74, 6) is 9.24. The van der Waals surface area contributed by atoms with Crippen LogP contribution in [0.25, 0.3) is 0 Å². The Hall–Kier alpha value is -1.80. The van der Waals surface area contributed by atoms with Crippen molar-refractivity contribution in [2.24, 2.45) is 71.0 Å². The second kappa shape index (κ2) is 3.34. The minimum absolute atomic E-state index is 0.654. The highest BCUT2D eigenvalue weighted by molar-refractivity contribution is 5.47.